The third-order valence-electron chi connectivity index (χ3n) is 0.885. The summed E-state index contributed by atoms with van der Waals surface area (Å²) in [5.74, 6) is 2.51. The minimum Gasteiger partial charge on any atom is -0.184 e. The molecule has 0 aliphatic carbocycles. The Morgan fingerprint density at radius 2 is 1.89 bits per heavy atom. The van der Waals surface area contributed by atoms with Crippen LogP contribution in [-0.2, 0) is 16.8 Å². The van der Waals surface area contributed by atoms with Crippen LogP contribution in [0.3, 0.4) is 0 Å². The van der Waals surface area contributed by atoms with E-state index in [-0.39, 0.29) is 16.8 Å². The molecule has 1 heteroatoms. The number of rotatable bonds is 0. The summed E-state index contributed by atoms with van der Waals surface area (Å²) in [6, 6.07) is 10.2. The van der Waals surface area contributed by atoms with E-state index < -0.39 is 0 Å². The molecule has 0 spiro atoms. The molecule has 1 radical (unpaired) electrons. The first-order chi connectivity index (χ1) is 3.93. The second kappa shape index (κ2) is 4.19. The van der Waals surface area contributed by atoms with Crippen molar-refractivity contribution >= 4 is 0 Å². The van der Waals surface area contributed by atoms with Crippen LogP contribution in [0.5, 0.6) is 0 Å². The molecule has 0 saturated carbocycles. The predicted octanol–water partition coefficient (Wildman–Crippen LogP) is 1.47. The fourth-order valence-electron chi connectivity index (χ4n) is 0.483. The van der Waals surface area contributed by atoms with Crippen molar-refractivity contribution in [3.05, 3.63) is 35.9 Å². The molecule has 9 heavy (non-hydrogen) atoms. The molecule has 0 aliphatic rings. The van der Waals surface area contributed by atoms with Gasteiger partial charge < -0.3 is 0 Å². The van der Waals surface area contributed by atoms with Crippen molar-refractivity contribution in [1.29, 1.82) is 0 Å². The van der Waals surface area contributed by atoms with E-state index in [9.17, 15) is 0 Å². The van der Waals surface area contributed by atoms with Crippen molar-refractivity contribution in [2.45, 2.75) is 0 Å². The van der Waals surface area contributed by atoms with E-state index in [0.29, 0.717) is 0 Å². The molecule has 0 atom stereocenters. The molecule has 0 fully saturated rings. The largest absolute Gasteiger partial charge is 0.184 e. The summed E-state index contributed by atoms with van der Waals surface area (Å²) < 4.78 is 0. The summed E-state index contributed by atoms with van der Waals surface area (Å²) in [6.07, 6.45) is 5.09. The molecule has 0 unspecified atom stereocenters. The Bertz CT molecular complexity index is 196. The van der Waals surface area contributed by atoms with Crippen LogP contribution in [-0.4, -0.2) is 0 Å². The van der Waals surface area contributed by atoms with Gasteiger partial charge in [-0.2, -0.15) is 30.3 Å². The second-order valence-electron chi connectivity index (χ2n) is 1.43. The minimum absolute atomic E-state index is 0. The maximum atomic E-state index is 5.09. The van der Waals surface area contributed by atoms with E-state index in [1.807, 2.05) is 12.1 Å². The van der Waals surface area contributed by atoms with Gasteiger partial charge in [0.2, 0.25) is 0 Å². The zero-order chi connectivity index (χ0) is 5.82. The first-order valence-corrected chi connectivity index (χ1v) is 2.36. The fraction of sp³-hybridized carbons (Fsp3) is 0. The van der Waals surface area contributed by atoms with Gasteiger partial charge in [-0.1, -0.05) is 11.5 Å². The van der Waals surface area contributed by atoms with Crippen LogP contribution in [0.25, 0.3) is 0 Å². The quantitative estimate of drug-likeness (QED) is 0.398. The topological polar surface area (TPSA) is 0 Å². The van der Waals surface area contributed by atoms with Gasteiger partial charge >= 0.3 is 0 Å². The molecule has 0 N–H and O–H groups in total. The van der Waals surface area contributed by atoms with Crippen LogP contribution in [0.1, 0.15) is 5.56 Å². The Balaban J connectivity index is 0.000000640. The Kier molecular flexibility index (Phi) is 3.86. The molecule has 0 amide bonds. The molecular formula is C8H5Co-. The van der Waals surface area contributed by atoms with Crippen molar-refractivity contribution in [2.75, 3.05) is 0 Å². The average molecular weight is 160 g/mol. The maximum Gasteiger partial charge on any atom is 0 e. The first kappa shape index (κ1) is 8.29. The standard InChI is InChI=1S/C8H5.Co/c1-2-8-6-4-3-5-7-8;/h1,4-7H;/q-1;. The minimum atomic E-state index is 0. The van der Waals surface area contributed by atoms with E-state index in [1.165, 1.54) is 0 Å². The van der Waals surface area contributed by atoms with Crippen LogP contribution in [0.4, 0.5) is 0 Å². The molecule has 1 rings (SSSR count). The molecule has 0 aromatic heterocycles. The predicted molar refractivity (Wildman–Crippen MR) is 33.2 cm³/mol. The Morgan fingerprint density at radius 1 is 1.33 bits per heavy atom. The summed E-state index contributed by atoms with van der Waals surface area (Å²) in [5, 5.41) is 0. The number of hydrogen-bond donors (Lipinski definition) is 0. The summed E-state index contributed by atoms with van der Waals surface area (Å²) in [7, 11) is 0. The van der Waals surface area contributed by atoms with Gasteiger partial charge in [-0.3, -0.25) is 0 Å². The summed E-state index contributed by atoms with van der Waals surface area (Å²) in [4.78, 5) is 0. The van der Waals surface area contributed by atoms with Crippen molar-refractivity contribution < 1.29 is 16.8 Å². The first-order valence-electron chi connectivity index (χ1n) is 2.36. The van der Waals surface area contributed by atoms with Crippen molar-refractivity contribution in [1.82, 2.24) is 0 Å². The van der Waals surface area contributed by atoms with Gasteiger partial charge in [0.15, 0.2) is 0 Å². The molecule has 0 saturated heterocycles. The number of hydrogen-bond acceptors (Lipinski definition) is 0. The van der Waals surface area contributed by atoms with Crippen molar-refractivity contribution in [3.8, 4) is 12.3 Å². The number of terminal acetylenes is 1. The summed E-state index contributed by atoms with van der Waals surface area (Å²) in [6.45, 7) is 0. The Hall–Kier alpha value is -0.714. The van der Waals surface area contributed by atoms with Gasteiger partial charge in [-0.25, -0.2) is 0 Å². The van der Waals surface area contributed by atoms with Crippen LogP contribution in [0.2, 0.25) is 0 Å². The van der Waals surface area contributed by atoms with E-state index >= 15 is 0 Å². The van der Waals surface area contributed by atoms with Gasteiger partial charge in [0, 0.05) is 16.8 Å². The van der Waals surface area contributed by atoms with Crippen LogP contribution in [0, 0.1) is 18.4 Å². The van der Waals surface area contributed by atoms with Gasteiger partial charge in [0.25, 0.3) is 0 Å². The van der Waals surface area contributed by atoms with E-state index in [2.05, 4.69) is 12.0 Å². The second-order valence-corrected chi connectivity index (χ2v) is 1.43. The summed E-state index contributed by atoms with van der Waals surface area (Å²) in [5.41, 5.74) is 0.906. The molecule has 0 nitrogen and oxygen atoms in total. The zero-order valence-corrected chi connectivity index (χ0v) is 5.76. The monoisotopic (exact) mass is 160 g/mol. The smallest absolute Gasteiger partial charge is 0 e. The zero-order valence-electron chi connectivity index (χ0n) is 4.72. The molecule has 1 aromatic carbocycles. The van der Waals surface area contributed by atoms with Gasteiger partial charge in [0.05, 0.1) is 0 Å². The fourth-order valence-corrected chi connectivity index (χ4v) is 0.483. The van der Waals surface area contributed by atoms with E-state index in [1.54, 1.807) is 12.1 Å². The summed E-state index contributed by atoms with van der Waals surface area (Å²) >= 11 is 0. The van der Waals surface area contributed by atoms with Gasteiger partial charge in [0.1, 0.15) is 0 Å². The van der Waals surface area contributed by atoms with Crippen molar-refractivity contribution in [3.63, 3.8) is 0 Å². The van der Waals surface area contributed by atoms with Gasteiger partial charge in [-0.15, -0.1) is 6.42 Å². The van der Waals surface area contributed by atoms with E-state index in [0.717, 1.165) is 5.56 Å². The molecule has 0 heterocycles. The molecule has 0 bridgehead atoms. The molecular weight excluding hydrogens is 155 g/mol. The Morgan fingerprint density at radius 3 is 2.22 bits per heavy atom. The molecule has 47 valence electrons. The van der Waals surface area contributed by atoms with Crippen LogP contribution < -0.4 is 0 Å². The van der Waals surface area contributed by atoms with Crippen LogP contribution >= 0.6 is 0 Å². The van der Waals surface area contributed by atoms with E-state index in [4.69, 9.17) is 6.42 Å². The van der Waals surface area contributed by atoms with Crippen LogP contribution in [0.15, 0.2) is 24.3 Å². The number of benzene rings is 1. The molecule has 1 aromatic rings. The molecule has 0 aliphatic heterocycles. The normalized spacial score (nSPS) is 7.00. The maximum absolute atomic E-state index is 5.09. The SMILES string of the molecule is C#Cc1cc[c-]cc1.[Co]. The van der Waals surface area contributed by atoms with Gasteiger partial charge in [-0.05, 0) is 0 Å². The third kappa shape index (κ3) is 2.36. The van der Waals surface area contributed by atoms with Crippen molar-refractivity contribution in [2.24, 2.45) is 0 Å². The average Bonchev–Trinajstić information content (AvgIpc) is 1.90. The third-order valence-corrected chi connectivity index (χ3v) is 0.885. The Labute approximate surface area is 65.5 Å².